The van der Waals surface area contributed by atoms with Crippen molar-refractivity contribution in [2.45, 2.75) is 157 Å². The molecule has 18 rings (SSSR count). The first-order valence-electron chi connectivity index (χ1n) is 40.6. The number of nitrogens with zero attached hydrogens (tertiary/aromatic N) is 4. The van der Waals surface area contributed by atoms with E-state index in [1.54, 1.807) is 57.5 Å². The van der Waals surface area contributed by atoms with Gasteiger partial charge in [0.25, 0.3) is 11.4 Å². The van der Waals surface area contributed by atoms with Crippen molar-refractivity contribution >= 4 is 254 Å². The lowest BCUT2D eigenvalue weighted by molar-refractivity contribution is 0.111. The smallest absolute Gasteiger partial charge is 0.263 e. The molecule has 0 N–H and O–H groups in total. The number of aldehydes is 2. The van der Waals surface area contributed by atoms with E-state index in [0.29, 0.717) is 0 Å². The van der Waals surface area contributed by atoms with Gasteiger partial charge in [-0.15, -0.1) is 136 Å². The molecule has 18 aromatic rings. The minimum atomic E-state index is 0.111. The first-order valence-corrected chi connectivity index (χ1v) is 50.5. The van der Waals surface area contributed by atoms with Crippen LogP contribution in [0.2, 0.25) is 0 Å². The molecular weight excluding hydrogens is 1670 g/mol. The number of thiophene rings is 12. The van der Waals surface area contributed by atoms with Gasteiger partial charge in [0, 0.05) is 129 Å². The maximum atomic E-state index is 11.5. The molecule has 18 heteroatoms. The summed E-state index contributed by atoms with van der Waals surface area (Å²) in [6.45, 7) is 28.0. The number of allylic oxidation sites excluding steroid dienone is 2. The highest BCUT2D eigenvalue weighted by molar-refractivity contribution is 7.31. The molecule has 0 fully saturated rings. The van der Waals surface area contributed by atoms with Crippen molar-refractivity contribution in [1.82, 2.24) is 0 Å². The van der Waals surface area contributed by atoms with Crippen LogP contribution in [0.15, 0.2) is 168 Å². The zero-order valence-corrected chi connectivity index (χ0v) is 76.4. The number of hydrogen-bond donors (Lipinski definition) is 0. The number of carbonyl (C=O) groups is 2. The molecule has 118 heavy (non-hydrogen) atoms. The third kappa shape index (κ3) is 17.1. The zero-order chi connectivity index (χ0) is 81.5. The third-order valence-corrected chi connectivity index (χ3v) is 36.2. The SMILES string of the molecule is CCCCc1cc(C=O)sc1-c1cc2ccc3c(ccc4cc(-c5sc(C=O)cc5CCCC)sc43)c2s1.CCCCc1ccsc1-c1cc2ccc3c(ccc4cc(-c5sccc5CCCC)sc43)c2s1.[C-]#[N+]/C(C#N)=C\c1cc(CCCC)c(-c2cc3ccc4c(ccc5cc(-c6sc(/C=C(\C#N)[N+]#[C-])cc6CCCC)sc54)c3s2)s1. The van der Waals surface area contributed by atoms with Crippen LogP contribution in [0.5, 0.6) is 0 Å². The molecule has 0 bridgehead atoms. The van der Waals surface area contributed by atoms with Crippen LogP contribution in [-0.4, -0.2) is 12.6 Å². The molecule has 0 amide bonds. The van der Waals surface area contributed by atoms with E-state index in [2.05, 4.69) is 208 Å². The Morgan fingerprint density at radius 1 is 0.305 bits per heavy atom. The predicted molar refractivity (Wildman–Crippen MR) is 527 cm³/mol. The number of aryl methyl sites for hydroxylation is 6. The number of nitriles is 2. The van der Waals surface area contributed by atoms with Gasteiger partial charge in [-0.25, -0.2) is 20.2 Å². The van der Waals surface area contributed by atoms with Crippen molar-refractivity contribution in [1.29, 1.82) is 10.5 Å². The van der Waals surface area contributed by atoms with Crippen LogP contribution in [0, 0.1) is 35.8 Å². The van der Waals surface area contributed by atoms with Gasteiger partial charge in [-0.05, 0) is 238 Å². The summed E-state index contributed by atoms with van der Waals surface area (Å²) >= 11 is 21.6. The number of unbranched alkanes of at least 4 members (excludes halogenated alkanes) is 6. The summed E-state index contributed by atoms with van der Waals surface area (Å²) in [4.78, 5) is 49.0. The van der Waals surface area contributed by atoms with Gasteiger partial charge in [-0.1, -0.05) is 153 Å². The molecule has 588 valence electrons. The van der Waals surface area contributed by atoms with E-state index in [0.717, 1.165) is 109 Å². The highest BCUT2D eigenvalue weighted by Crippen LogP contribution is 2.52. The molecule has 12 heterocycles. The van der Waals surface area contributed by atoms with Crippen molar-refractivity contribution in [2.75, 3.05) is 0 Å². The van der Waals surface area contributed by atoms with Crippen molar-refractivity contribution in [2.24, 2.45) is 0 Å². The maximum absolute atomic E-state index is 11.5. The second kappa shape index (κ2) is 37.6. The Morgan fingerprint density at radius 3 is 0.763 bits per heavy atom. The van der Waals surface area contributed by atoms with Crippen LogP contribution in [0.3, 0.4) is 0 Å². The van der Waals surface area contributed by atoms with E-state index in [1.165, 1.54) is 223 Å². The number of benzene rings is 6. The fraction of sp³-hybridized carbons (Fsp3) is 0.240. The molecule has 6 aromatic carbocycles. The fourth-order valence-electron chi connectivity index (χ4n) is 15.7. The second-order valence-electron chi connectivity index (χ2n) is 29.8. The third-order valence-electron chi connectivity index (χ3n) is 21.7. The van der Waals surface area contributed by atoms with Gasteiger partial charge in [0.2, 0.25) is 0 Å². The van der Waals surface area contributed by atoms with Gasteiger partial charge < -0.3 is 0 Å². The highest BCUT2D eigenvalue weighted by Gasteiger charge is 2.24. The molecular formula is C100H84N4O2S12. The molecule has 0 radical (unpaired) electrons. The molecule has 0 spiro atoms. The summed E-state index contributed by atoms with van der Waals surface area (Å²) in [7, 11) is 0. The fourth-order valence-corrected chi connectivity index (χ4v) is 29.9. The Labute approximate surface area is 737 Å². The summed E-state index contributed by atoms with van der Waals surface area (Å²) in [5, 5.41) is 38.7. The molecule has 0 saturated heterocycles. The van der Waals surface area contributed by atoms with E-state index in [9.17, 15) is 20.1 Å². The van der Waals surface area contributed by atoms with Gasteiger partial charge in [0.05, 0.1) is 35.0 Å². The lowest BCUT2D eigenvalue weighted by Gasteiger charge is -2.01. The Bertz CT molecular complexity index is 6600. The topological polar surface area (TPSA) is 90.4 Å². The first-order chi connectivity index (χ1) is 57.9. The Hall–Kier alpha value is -9.16. The zero-order valence-electron chi connectivity index (χ0n) is 66.6. The molecule has 0 aliphatic rings. The number of carbonyl (C=O) groups excluding carboxylic acids is 2. The van der Waals surface area contributed by atoms with E-state index < -0.39 is 0 Å². The summed E-state index contributed by atoms with van der Waals surface area (Å²) in [6.07, 6.45) is 25.7. The molecule has 0 aliphatic heterocycles. The highest BCUT2D eigenvalue weighted by atomic mass is 32.1. The van der Waals surface area contributed by atoms with Gasteiger partial charge in [-0.2, -0.15) is 0 Å². The Morgan fingerprint density at radius 2 is 0.534 bits per heavy atom. The van der Waals surface area contributed by atoms with Crippen molar-refractivity contribution in [3.63, 3.8) is 0 Å². The normalized spacial score (nSPS) is 11.9. The lowest BCUT2D eigenvalue weighted by Crippen LogP contribution is -1.83. The summed E-state index contributed by atoms with van der Waals surface area (Å²) in [5.41, 5.74) is 8.41. The number of hydrogen-bond acceptors (Lipinski definition) is 16. The molecule has 0 atom stereocenters. The second-order valence-corrected chi connectivity index (χ2v) is 42.3. The van der Waals surface area contributed by atoms with Crippen molar-refractivity contribution in [3.8, 4) is 70.7 Å². The molecule has 6 nitrogen and oxygen atoms in total. The monoisotopic (exact) mass is 1760 g/mol. The quantitative estimate of drug-likeness (QED) is 0.0278. The molecule has 0 saturated carbocycles. The Balaban J connectivity index is 0.000000134. The minimum Gasteiger partial charge on any atom is -0.297 e. The molecule has 0 unspecified atom stereocenters. The lowest BCUT2D eigenvalue weighted by atomic mass is 10.0. The van der Waals surface area contributed by atoms with Gasteiger partial charge in [0.1, 0.15) is 0 Å². The van der Waals surface area contributed by atoms with E-state index in [1.807, 2.05) is 103 Å². The van der Waals surface area contributed by atoms with Crippen LogP contribution < -0.4 is 0 Å². The van der Waals surface area contributed by atoms with Crippen molar-refractivity contribution in [3.05, 3.63) is 243 Å². The summed E-state index contributed by atoms with van der Waals surface area (Å²) in [6, 6.07) is 58.5. The minimum absolute atomic E-state index is 0.111. The standard InChI is InChI=1S/C38H28N4S4.C32H28O2S4.C30H28S4/c1-5-7-9-23-15-29(19-27(21-39)41-3)43-37(23)33-17-25-11-13-32-31(35(25)45-33)14-12-26-18-34(46-36(26)32)38-24(10-8-6-2)16-30(44-38)20-28(22-40)42-4;1-3-5-7-19-13-23(17-33)35-31(19)27-15-21-9-11-26-25(29(21)37-27)12-10-22-16-28(38-30(22)26)32-20(8-6-4-2)14-24(18-34)36-32;1-3-5-7-19-13-15-31-29(19)25-17-21-9-11-24-23(27(21)33-25)12-10-22-18-26(34-28(22)24)30-20(8-6-4-2)14-16-32-30/h11-20H,5-10H2,1-2H3;9-18H,3-8H2,1-2H3;9-18H,3-8H2,1-2H3/b27-19-,28-20+;;. The Kier molecular flexibility index (Phi) is 26.3. The van der Waals surface area contributed by atoms with E-state index in [-0.39, 0.29) is 11.4 Å². The average molecular weight is 1760 g/mol. The van der Waals surface area contributed by atoms with Crippen LogP contribution in [-0.2, 0) is 38.5 Å². The molecule has 0 aliphatic carbocycles. The summed E-state index contributed by atoms with van der Waals surface area (Å²) < 4.78 is 8.01. The van der Waals surface area contributed by atoms with Gasteiger partial charge in [-0.3, -0.25) is 9.59 Å². The van der Waals surface area contributed by atoms with Crippen LogP contribution in [0.4, 0.5) is 0 Å². The van der Waals surface area contributed by atoms with E-state index in [4.69, 9.17) is 13.1 Å². The maximum Gasteiger partial charge on any atom is 0.263 e. The van der Waals surface area contributed by atoms with Gasteiger partial charge >= 0.3 is 0 Å². The van der Waals surface area contributed by atoms with Crippen LogP contribution >= 0.6 is 136 Å². The van der Waals surface area contributed by atoms with Crippen molar-refractivity contribution < 1.29 is 9.59 Å². The number of fused-ring (bicyclic) bond motifs is 15. The first kappa shape index (κ1) is 82.5. The van der Waals surface area contributed by atoms with Crippen LogP contribution in [0.1, 0.15) is 181 Å². The van der Waals surface area contributed by atoms with Crippen LogP contribution in [0.25, 0.3) is 173 Å². The number of rotatable bonds is 28. The summed E-state index contributed by atoms with van der Waals surface area (Å²) in [5.74, 6) is 0. The van der Waals surface area contributed by atoms with E-state index >= 15 is 0 Å². The average Bonchev–Trinajstić information content (AvgIpc) is 1.59. The largest absolute Gasteiger partial charge is 0.297 e. The molecule has 12 aromatic heterocycles. The predicted octanol–water partition coefficient (Wildman–Crippen LogP) is 35.4. The van der Waals surface area contributed by atoms with Gasteiger partial charge in [0.15, 0.2) is 12.6 Å².